The van der Waals surface area contributed by atoms with Crippen LogP contribution < -0.4 is 0 Å². The number of hydrogen-bond acceptors (Lipinski definition) is 2. The lowest BCUT2D eigenvalue weighted by Gasteiger charge is -2.31. The Morgan fingerprint density at radius 3 is 2.00 bits per heavy atom. The van der Waals surface area contributed by atoms with Gasteiger partial charge in [0.05, 0.1) is 0 Å². The summed E-state index contributed by atoms with van der Waals surface area (Å²) in [5.74, 6) is 0.451. The molecule has 0 aliphatic carbocycles. The van der Waals surface area contributed by atoms with Crippen LogP contribution in [-0.4, -0.2) is 34.6 Å². The normalized spacial score (nSPS) is 12.8. The Morgan fingerprint density at radius 1 is 1.10 bits per heavy atom. The fraction of sp³-hybridized carbons (Fsp3) is 0.611. The van der Waals surface area contributed by atoms with Gasteiger partial charge in [-0.05, 0) is 64.2 Å². The van der Waals surface area contributed by atoms with Gasteiger partial charge in [0, 0.05) is 24.3 Å². The van der Waals surface area contributed by atoms with Gasteiger partial charge in [-0.3, -0.25) is 4.79 Å². The molecule has 0 aliphatic rings. The van der Waals surface area contributed by atoms with Crippen molar-refractivity contribution in [3.05, 3.63) is 35.4 Å². The molecule has 1 atom stereocenters. The van der Waals surface area contributed by atoms with Crippen molar-refractivity contribution in [2.24, 2.45) is 0 Å². The highest BCUT2D eigenvalue weighted by atomic mass is 16.3. The summed E-state index contributed by atoms with van der Waals surface area (Å²) in [6.45, 7) is 10.5. The van der Waals surface area contributed by atoms with Gasteiger partial charge in [-0.25, -0.2) is 0 Å². The second-order valence-electron chi connectivity index (χ2n) is 6.14. The molecule has 0 heterocycles. The second-order valence-corrected chi connectivity index (χ2v) is 6.14. The van der Waals surface area contributed by atoms with E-state index in [1.807, 2.05) is 56.9 Å². The monoisotopic (exact) mass is 291 g/mol. The van der Waals surface area contributed by atoms with Crippen LogP contribution in [0, 0.1) is 0 Å². The maximum Gasteiger partial charge on any atom is 0.254 e. The van der Waals surface area contributed by atoms with E-state index < -0.39 is 0 Å². The Bertz CT molecular complexity index is 429. The Morgan fingerprint density at radius 2 is 1.62 bits per heavy atom. The van der Waals surface area contributed by atoms with Crippen molar-refractivity contribution >= 4 is 5.91 Å². The summed E-state index contributed by atoms with van der Waals surface area (Å²) in [7, 11) is 0. The molecular formula is C18H29NO2. The molecule has 0 radical (unpaired) electrons. The van der Waals surface area contributed by atoms with Gasteiger partial charge in [-0.1, -0.05) is 19.1 Å². The van der Waals surface area contributed by atoms with Crippen molar-refractivity contribution < 1.29 is 9.90 Å². The average Bonchev–Trinajstić information content (AvgIpc) is 2.44. The van der Waals surface area contributed by atoms with Crippen molar-refractivity contribution in [3.8, 4) is 0 Å². The first kappa shape index (κ1) is 17.7. The van der Waals surface area contributed by atoms with Gasteiger partial charge in [0.25, 0.3) is 5.91 Å². The highest BCUT2D eigenvalue weighted by Gasteiger charge is 2.21. The van der Waals surface area contributed by atoms with E-state index in [0.29, 0.717) is 5.92 Å². The third kappa shape index (κ3) is 4.57. The van der Waals surface area contributed by atoms with Gasteiger partial charge < -0.3 is 10.0 Å². The largest absolute Gasteiger partial charge is 0.396 e. The zero-order valence-corrected chi connectivity index (χ0v) is 14.0. The van der Waals surface area contributed by atoms with Gasteiger partial charge >= 0.3 is 0 Å². The summed E-state index contributed by atoms with van der Waals surface area (Å²) in [5.41, 5.74) is 1.93. The molecule has 0 spiro atoms. The van der Waals surface area contributed by atoms with Crippen LogP contribution >= 0.6 is 0 Å². The van der Waals surface area contributed by atoms with E-state index in [1.54, 1.807) is 0 Å². The Hall–Kier alpha value is -1.35. The Balaban J connectivity index is 2.93. The van der Waals surface area contributed by atoms with Crippen LogP contribution in [0.15, 0.2) is 24.3 Å². The van der Waals surface area contributed by atoms with E-state index in [1.165, 1.54) is 5.56 Å². The number of amides is 1. The quantitative estimate of drug-likeness (QED) is 0.829. The molecule has 0 saturated heterocycles. The third-order valence-corrected chi connectivity index (χ3v) is 3.95. The fourth-order valence-corrected chi connectivity index (χ4v) is 2.87. The molecule has 1 N–H and O–H groups in total. The zero-order chi connectivity index (χ0) is 16.0. The van der Waals surface area contributed by atoms with Gasteiger partial charge in [-0.2, -0.15) is 0 Å². The summed E-state index contributed by atoms with van der Waals surface area (Å²) < 4.78 is 0. The van der Waals surface area contributed by atoms with E-state index in [0.717, 1.165) is 18.4 Å². The molecule has 1 aromatic rings. The molecule has 118 valence electrons. The number of nitrogens with zero attached hydrogens (tertiary/aromatic N) is 1. The molecule has 0 aliphatic heterocycles. The fourth-order valence-electron chi connectivity index (χ4n) is 2.87. The molecule has 1 rings (SSSR count). The molecule has 0 bridgehead atoms. The van der Waals surface area contributed by atoms with Crippen LogP contribution in [0.3, 0.4) is 0 Å². The maximum atomic E-state index is 12.6. The van der Waals surface area contributed by atoms with Crippen LogP contribution in [-0.2, 0) is 0 Å². The number of carbonyl (C=O) groups excluding carboxylic acids is 1. The molecule has 1 amide bonds. The molecule has 1 unspecified atom stereocenters. The zero-order valence-electron chi connectivity index (χ0n) is 14.0. The minimum absolute atomic E-state index is 0.0850. The van der Waals surface area contributed by atoms with Crippen molar-refractivity contribution in [1.82, 2.24) is 4.90 Å². The van der Waals surface area contributed by atoms with Crippen LogP contribution in [0.2, 0.25) is 0 Å². The first-order valence-electron chi connectivity index (χ1n) is 7.95. The topological polar surface area (TPSA) is 40.5 Å². The van der Waals surface area contributed by atoms with Gasteiger partial charge in [0.1, 0.15) is 0 Å². The third-order valence-electron chi connectivity index (χ3n) is 3.95. The lowest BCUT2D eigenvalue weighted by Crippen LogP contribution is -2.42. The predicted octanol–water partition coefficient (Wildman–Crippen LogP) is 3.82. The average molecular weight is 291 g/mol. The van der Waals surface area contributed by atoms with E-state index >= 15 is 0 Å². The lowest BCUT2D eigenvalue weighted by atomic mass is 9.92. The molecule has 0 aromatic heterocycles. The molecule has 3 heteroatoms. The van der Waals surface area contributed by atoms with Gasteiger partial charge in [0.15, 0.2) is 0 Å². The summed E-state index contributed by atoms with van der Waals surface area (Å²) in [5, 5.41) is 9.11. The van der Waals surface area contributed by atoms with E-state index in [9.17, 15) is 4.79 Å². The van der Waals surface area contributed by atoms with Crippen LogP contribution in [0.4, 0.5) is 0 Å². The minimum atomic E-state index is 0.0850. The van der Waals surface area contributed by atoms with Crippen LogP contribution in [0.1, 0.15) is 69.3 Å². The smallest absolute Gasteiger partial charge is 0.254 e. The Labute approximate surface area is 129 Å². The van der Waals surface area contributed by atoms with E-state index in [4.69, 9.17) is 5.11 Å². The molecular weight excluding hydrogens is 262 g/mol. The Kier molecular flexibility index (Phi) is 6.90. The SMILES string of the molecule is CCC(CCO)c1ccc(C(=O)N(C(C)C)C(C)C)cc1. The van der Waals surface area contributed by atoms with Crippen molar-refractivity contribution in [1.29, 1.82) is 0 Å². The van der Waals surface area contributed by atoms with Gasteiger partial charge in [-0.15, -0.1) is 0 Å². The molecule has 0 saturated carbocycles. The number of aliphatic hydroxyl groups is 1. The van der Waals surface area contributed by atoms with Crippen LogP contribution in [0.25, 0.3) is 0 Å². The van der Waals surface area contributed by atoms with E-state index in [2.05, 4.69) is 6.92 Å². The highest BCUT2D eigenvalue weighted by molar-refractivity contribution is 5.94. The van der Waals surface area contributed by atoms with E-state index in [-0.39, 0.29) is 24.6 Å². The maximum absolute atomic E-state index is 12.6. The molecule has 3 nitrogen and oxygen atoms in total. The summed E-state index contributed by atoms with van der Waals surface area (Å²) in [6, 6.07) is 8.25. The second kappa shape index (κ2) is 8.18. The molecule has 21 heavy (non-hydrogen) atoms. The summed E-state index contributed by atoms with van der Waals surface area (Å²) in [4.78, 5) is 14.5. The van der Waals surface area contributed by atoms with Crippen molar-refractivity contribution in [3.63, 3.8) is 0 Å². The van der Waals surface area contributed by atoms with Gasteiger partial charge in [0.2, 0.25) is 0 Å². The number of rotatable bonds is 7. The minimum Gasteiger partial charge on any atom is -0.396 e. The van der Waals surface area contributed by atoms with Crippen molar-refractivity contribution in [2.45, 2.75) is 65.5 Å². The summed E-state index contributed by atoms with van der Waals surface area (Å²) >= 11 is 0. The highest BCUT2D eigenvalue weighted by Crippen LogP contribution is 2.24. The standard InChI is InChI=1S/C18H29NO2/c1-6-15(11-12-20)16-7-9-17(10-8-16)18(21)19(13(2)3)14(4)5/h7-10,13-15,20H,6,11-12H2,1-5H3. The number of hydrogen-bond donors (Lipinski definition) is 1. The number of carbonyl (C=O) groups is 1. The van der Waals surface area contributed by atoms with Crippen molar-refractivity contribution in [2.75, 3.05) is 6.61 Å². The predicted molar refractivity (Wildman–Crippen MR) is 87.6 cm³/mol. The lowest BCUT2D eigenvalue weighted by molar-refractivity contribution is 0.0643. The molecule has 0 fully saturated rings. The molecule has 1 aromatic carbocycles. The van der Waals surface area contributed by atoms with Crippen LogP contribution in [0.5, 0.6) is 0 Å². The first-order chi connectivity index (χ1) is 9.92. The first-order valence-corrected chi connectivity index (χ1v) is 7.95. The number of aliphatic hydroxyl groups excluding tert-OH is 1. The summed E-state index contributed by atoms with van der Waals surface area (Å²) in [6.07, 6.45) is 1.77. The number of benzene rings is 1.